The highest BCUT2D eigenvalue weighted by atomic mass is 79.9. The van der Waals surface area contributed by atoms with Crippen molar-refractivity contribution in [3.05, 3.63) is 34.3 Å². The quantitative estimate of drug-likeness (QED) is 0.901. The maximum atomic E-state index is 5.98. The number of halogens is 1. The lowest BCUT2D eigenvalue weighted by Crippen LogP contribution is -2.44. The average Bonchev–Trinajstić information content (AvgIpc) is 2.14. The van der Waals surface area contributed by atoms with Crippen molar-refractivity contribution in [3.8, 4) is 0 Å². The minimum absolute atomic E-state index is 0.122. The number of nitrogens with two attached hydrogens (primary N) is 1. The second kappa shape index (κ2) is 5.80. The van der Waals surface area contributed by atoms with E-state index in [4.69, 9.17) is 5.73 Å². The molecular formula is C13H21BrN2. The molecule has 0 unspecified atom stereocenters. The van der Waals surface area contributed by atoms with E-state index in [1.807, 2.05) is 6.07 Å². The van der Waals surface area contributed by atoms with Crippen molar-refractivity contribution < 1.29 is 0 Å². The number of rotatable bonds is 5. The lowest BCUT2D eigenvalue weighted by molar-refractivity contribution is 0.273. The fraction of sp³-hybridized carbons (Fsp3) is 0.538. The Morgan fingerprint density at radius 2 is 1.94 bits per heavy atom. The van der Waals surface area contributed by atoms with E-state index in [9.17, 15) is 0 Å². The molecule has 16 heavy (non-hydrogen) atoms. The fourth-order valence-electron chi connectivity index (χ4n) is 1.79. The highest BCUT2D eigenvalue weighted by Gasteiger charge is 2.13. The van der Waals surface area contributed by atoms with Gasteiger partial charge >= 0.3 is 0 Å². The highest BCUT2D eigenvalue weighted by molar-refractivity contribution is 9.10. The number of benzene rings is 1. The van der Waals surface area contributed by atoms with E-state index in [2.05, 4.69) is 59.9 Å². The summed E-state index contributed by atoms with van der Waals surface area (Å²) in [6, 6.07) is 8.36. The van der Waals surface area contributed by atoms with Gasteiger partial charge in [-0.2, -0.15) is 0 Å². The third-order valence-electron chi connectivity index (χ3n) is 2.40. The van der Waals surface area contributed by atoms with E-state index in [0.29, 0.717) is 0 Å². The molecule has 0 spiro atoms. The summed E-state index contributed by atoms with van der Waals surface area (Å²) in [5.41, 5.74) is 7.21. The molecule has 0 aliphatic heterocycles. The Bertz CT molecular complexity index is 331. The van der Waals surface area contributed by atoms with Gasteiger partial charge < -0.3 is 10.6 Å². The summed E-state index contributed by atoms with van der Waals surface area (Å²) in [5, 5.41) is 0. The minimum atomic E-state index is -0.122. The molecule has 0 bridgehead atoms. The Balaban J connectivity index is 2.43. The number of nitrogens with zero attached hydrogens (tertiary/aromatic N) is 1. The van der Waals surface area contributed by atoms with Crippen LogP contribution in [0.3, 0.4) is 0 Å². The van der Waals surface area contributed by atoms with E-state index < -0.39 is 0 Å². The van der Waals surface area contributed by atoms with E-state index in [1.54, 1.807) is 0 Å². The third kappa shape index (κ3) is 5.10. The zero-order valence-corrected chi connectivity index (χ0v) is 11.9. The highest BCUT2D eigenvalue weighted by Crippen LogP contribution is 2.16. The first-order valence-electron chi connectivity index (χ1n) is 5.59. The summed E-state index contributed by atoms with van der Waals surface area (Å²) in [4.78, 5) is 2.28. The van der Waals surface area contributed by atoms with Gasteiger partial charge in [0.15, 0.2) is 0 Å². The van der Waals surface area contributed by atoms with Crippen molar-refractivity contribution >= 4 is 15.9 Å². The molecule has 0 atom stereocenters. The molecule has 1 aromatic rings. The minimum Gasteiger partial charge on any atom is -0.324 e. The van der Waals surface area contributed by atoms with Crippen LogP contribution in [0.25, 0.3) is 0 Å². The molecule has 0 aromatic heterocycles. The molecule has 0 saturated carbocycles. The van der Waals surface area contributed by atoms with E-state index in [0.717, 1.165) is 19.5 Å². The van der Waals surface area contributed by atoms with Gasteiger partial charge in [-0.1, -0.05) is 34.1 Å². The molecule has 1 rings (SSSR count). The number of hydrogen-bond donors (Lipinski definition) is 1. The average molecular weight is 285 g/mol. The van der Waals surface area contributed by atoms with Gasteiger partial charge in [-0.15, -0.1) is 0 Å². The molecule has 0 radical (unpaired) electrons. The lowest BCUT2D eigenvalue weighted by atomic mass is 10.1. The van der Waals surface area contributed by atoms with Crippen molar-refractivity contribution in [2.45, 2.75) is 25.8 Å². The van der Waals surface area contributed by atoms with Gasteiger partial charge in [0.1, 0.15) is 0 Å². The van der Waals surface area contributed by atoms with Gasteiger partial charge in [0.25, 0.3) is 0 Å². The smallest absolute Gasteiger partial charge is 0.0225 e. The summed E-state index contributed by atoms with van der Waals surface area (Å²) in [7, 11) is 2.12. The first-order chi connectivity index (χ1) is 7.38. The molecular weight excluding hydrogens is 264 g/mol. The Labute approximate surface area is 107 Å². The standard InChI is InChI=1S/C13H21BrN2/c1-13(2,15)10-16(3)9-8-11-6-4-5-7-12(11)14/h4-7H,8-10,15H2,1-3H3. The first kappa shape index (κ1) is 13.7. The van der Waals surface area contributed by atoms with Crippen molar-refractivity contribution in [1.82, 2.24) is 4.90 Å². The SMILES string of the molecule is CN(CCc1ccccc1Br)CC(C)(C)N. The Hall–Kier alpha value is -0.380. The Morgan fingerprint density at radius 1 is 1.31 bits per heavy atom. The molecule has 0 heterocycles. The monoisotopic (exact) mass is 284 g/mol. The molecule has 1 aromatic carbocycles. The van der Waals surface area contributed by atoms with Crippen LogP contribution in [-0.4, -0.2) is 30.6 Å². The molecule has 0 aliphatic carbocycles. The van der Waals surface area contributed by atoms with Crippen LogP contribution < -0.4 is 5.73 Å². The maximum absolute atomic E-state index is 5.98. The molecule has 2 N–H and O–H groups in total. The predicted octanol–water partition coefficient (Wildman–Crippen LogP) is 2.66. The molecule has 3 heteroatoms. The summed E-state index contributed by atoms with van der Waals surface area (Å²) in [6.07, 6.45) is 1.05. The van der Waals surface area contributed by atoms with Crippen molar-refractivity contribution in [2.75, 3.05) is 20.1 Å². The zero-order valence-electron chi connectivity index (χ0n) is 10.3. The van der Waals surface area contributed by atoms with Gasteiger partial charge in [-0.3, -0.25) is 0 Å². The van der Waals surface area contributed by atoms with Crippen LogP contribution in [0.15, 0.2) is 28.7 Å². The van der Waals surface area contributed by atoms with Crippen molar-refractivity contribution in [1.29, 1.82) is 0 Å². The summed E-state index contributed by atoms with van der Waals surface area (Å²) < 4.78 is 1.19. The fourth-order valence-corrected chi connectivity index (χ4v) is 2.27. The third-order valence-corrected chi connectivity index (χ3v) is 3.17. The second-order valence-corrected chi connectivity index (χ2v) is 5.92. The normalized spacial score (nSPS) is 12.1. The van der Waals surface area contributed by atoms with Gasteiger partial charge in [0, 0.05) is 23.1 Å². The molecule has 0 saturated heterocycles. The summed E-state index contributed by atoms with van der Waals surface area (Å²) in [6.45, 7) is 6.06. The van der Waals surface area contributed by atoms with Gasteiger partial charge in [0.2, 0.25) is 0 Å². The number of hydrogen-bond acceptors (Lipinski definition) is 2. The van der Waals surface area contributed by atoms with Crippen molar-refractivity contribution in [2.24, 2.45) is 5.73 Å². The first-order valence-corrected chi connectivity index (χ1v) is 6.38. The number of likely N-dealkylation sites (N-methyl/N-ethyl adjacent to an activating group) is 1. The van der Waals surface area contributed by atoms with E-state index in [1.165, 1.54) is 10.0 Å². The Morgan fingerprint density at radius 3 is 2.50 bits per heavy atom. The van der Waals surface area contributed by atoms with Crippen LogP contribution in [-0.2, 0) is 6.42 Å². The summed E-state index contributed by atoms with van der Waals surface area (Å²) in [5.74, 6) is 0. The van der Waals surface area contributed by atoms with Crippen LogP contribution in [0.1, 0.15) is 19.4 Å². The van der Waals surface area contributed by atoms with Gasteiger partial charge in [-0.05, 0) is 38.9 Å². The molecule has 0 aliphatic rings. The van der Waals surface area contributed by atoms with Crippen LogP contribution in [0, 0.1) is 0 Å². The van der Waals surface area contributed by atoms with Crippen LogP contribution in [0.5, 0.6) is 0 Å². The maximum Gasteiger partial charge on any atom is 0.0225 e. The predicted molar refractivity (Wildman–Crippen MR) is 73.6 cm³/mol. The molecule has 2 nitrogen and oxygen atoms in total. The second-order valence-electron chi connectivity index (χ2n) is 5.07. The lowest BCUT2D eigenvalue weighted by Gasteiger charge is -2.26. The van der Waals surface area contributed by atoms with Crippen LogP contribution in [0.4, 0.5) is 0 Å². The van der Waals surface area contributed by atoms with Crippen LogP contribution >= 0.6 is 15.9 Å². The largest absolute Gasteiger partial charge is 0.324 e. The molecule has 0 amide bonds. The van der Waals surface area contributed by atoms with Crippen molar-refractivity contribution in [3.63, 3.8) is 0 Å². The Kier molecular flexibility index (Phi) is 4.96. The molecule has 0 fully saturated rings. The van der Waals surface area contributed by atoms with E-state index in [-0.39, 0.29) is 5.54 Å². The van der Waals surface area contributed by atoms with Crippen LogP contribution in [0.2, 0.25) is 0 Å². The van der Waals surface area contributed by atoms with Gasteiger partial charge in [-0.25, -0.2) is 0 Å². The van der Waals surface area contributed by atoms with Gasteiger partial charge in [0.05, 0.1) is 0 Å². The zero-order chi connectivity index (χ0) is 12.2. The van der Waals surface area contributed by atoms with E-state index >= 15 is 0 Å². The molecule has 90 valence electrons. The summed E-state index contributed by atoms with van der Waals surface area (Å²) >= 11 is 3.56. The topological polar surface area (TPSA) is 29.3 Å².